The summed E-state index contributed by atoms with van der Waals surface area (Å²) in [6, 6.07) is 18.6. The number of aromatic nitrogens is 1. The molecule has 0 bridgehead atoms. The molecule has 3 aromatic carbocycles. The van der Waals surface area contributed by atoms with Crippen LogP contribution < -0.4 is 20.3 Å². The molecule has 228 valence electrons. The van der Waals surface area contributed by atoms with Gasteiger partial charge in [-0.1, -0.05) is 30.3 Å². The highest BCUT2D eigenvalue weighted by Gasteiger charge is 2.18. The molecule has 0 radical (unpaired) electrons. The van der Waals surface area contributed by atoms with E-state index in [1.807, 2.05) is 57.2 Å². The Morgan fingerprint density at radius 3 is 2.43 bits per heavy atom. The monoisotopic (exact) mass is 594 g/mol. The maximum absolute atomic E-state index is 13.0. The third-order valence-electron chi connectivity index (χ3n) is 7.47. The quantitative estimate of drug-likeness (QED) is 0.236. The molecule has 9 nitrogen and oxygen atoms in total. The summed E-state index contributed by atoms with van der Waals surface area (Å²) in [4.78, 5) is 43.4. The summed E-state index contributed by atoms with van der Waals surface area (Å²) < 4.78 is 11.7. The van der Waals surface area contributed by atoms with Crippen LogP contribution >= 0.6 is 0 Å². The lowest BCUT2D eigenvalue weighted by atomic mass is 10.0. The summed E-state index contributed by atoms with van der Waals surface area (Å²) in [5.74, 6) is -0.168. The molecule has 44 heavy (non-hydrogen) atoms. The number of hydrogen-bond donors (Lipinski definition) is 2. The zero-order chi connectivity index (χ0) is 31.8. The van der Waals surface area contributed by atoms with Crippen molar-refractivity contribution in [3.63, 3.8) is 0 Å². The third-order valence-corrected chi connectivity index (χ3v) is 7.47. The van der Waals surface area contributed by atoms with Gasteiger partial charge in [0.25, 0.3) is 5.91 Å². The summed E-state index contributed by atoms with van der Waals surface area (Å²) in [7, 11) is 4.93. The summed E-state index contributed by atoms with van der Waals surface area (Å²) >= 11 is 0. The first-order chi connectivity index (χ1) is 21.1. The second kappa shape index (κ2) is 14.4. The van der Waals surface area contributed by atoms with E-state index in [1.165, 1.54) is 6.08 Å². The van der Waals surface area contributed by atoms with Crippen LogP contribution in [0.25, 0.3) is 17.0 Å². The Hall–Kier alpha value is -5.02. The number of ether oxygens (including phenoxy) is 2. The highest BCUT2D eigenvalue weighted by atomic mass is 16.5. The SMILES string of the molecule is CNC(=O)c1ccc(/C=C/C(=O)NCC(=O)N(C)c2ccc(C)c(COc3cccc4c(COC)cc(C)nc34)c2C)cc1. The molecular weight excluding hydrogens is 556 g/mol. The lowest BCUT2D eigenvalue weighted by Crippen LogP contribution is -2.38. The number of nitrogens with zero attached hydrogens (tertiary/aromatic N) is 2. The molecular formula is C35H38N4O5. The molecule has 0 aliphatic rings. The van der Waals surface area contributed by atoms with Crippen LogP contribution in [-0.4, -0.2) is 50.5 Å². The highest BCUT2D eigenvalue weighted by molar-refractivity contribution is 5.99. The Bertz CT molecular complexity index is 1710. The van der Waals surface area contributed by atoms with E-state index >= 15 is 0 Å². The second-order valence-electron chi connectivity index (χ2n) is 10.5. The fourth-order valence-electron chi connectivity index (χ4n) is 4.98. The number of carbonyl (C=O) groups is 3. The van der Waals surface area contributed by atoms with Gasteiger partial charge in [0.15, 0.2) is 0 Å². The van der Waals surface area contributed by atoms with Gasteiger partial charge in [0, 0.05) is 49.6 Å². The van der Waals surface area contributed by atoms with Crippen LogP contribution in [0.15, 0.2) is 66.7 Å². The van der Waals surface area contributed by atoms with E-state index in [-0.39, 0.29) is 18.4 Å². The van der Waals surface area contributed by atoms with Gasteiger partial charge in [-0.3, -0.25) is 14.4 Å². The zero-order valence-electron chi connectivity index (χ0n) is 26.0. The number of likely N-dealkylation sites (N-methyl/N-ethyl adjacent to an activating group) is 1. The number of anilines is 1. The zero-order valence-corrected chi connectivity index (χ0v) is 26.0. The standard InChI is InChI=1S/C35H38N4O5/c1-22-10-16-30(39(5)33(41)19-37-32(40)17-13-25-11-14-26(15-12-25)35(42)36-4)24(3)29(22)21-44-31-9-7-8-28-27(20-43-6)18-23(2)38-34(28)31/h7-18H,19-21H2,1-6H3,(H,36,42)(H,37,40)/b17-13+. The Balaban J connectivity index is 1.42. The van der Waals surface area contributed by atoms with E-state index in [0.717, 1.165) is 50.1 Å². The average molecular weight is 595 g/mol. The van der Waals surface area contributed by atoms with Gasteiger partial charge in [0.05, 0.1) is 13.2 Å². The van der Waals surface area contributed by atoms with E-state index in [4.69, 9.17) is 14.5 Å². The molecule has 1 heterocycles. The van der Waals surface area contributed by atoms with Gasteiger partial charge in [-0.2, -0.15) is 0 Å². The molecule has 4 aromatic rings. The van der Waals surface area contributed by atoms with Crippen molar-refractivity contribution < 1.29 is 23.9 Å². The molecule has 0 fully saturated rings. The largest absolute Gasteiger partial charge is 0.487 e. The molecule has 4 rings (SSSR count). The van der Waals surface area contributed by atoms with Crippen molar-refractivity contribution in [1.29, 1.82) is 0 Å². The number of benzene rings is 3. The van der Waals surface area contributed by atoms with Crippen molar-refractivity contribution in [3.8, 4) is 5.75 Å². The number of methoxy groups -OCH3 is 1. The number of amides is 3. The predicted octanol–water partition coefficient (Wildman–Crippen LogP) is 5.04. The van der Waals surface area contributed by atoms with Gasteiger partial charge >= 0.3 is 0 Å². The second-order valence-corrected chi connectivity index (χ2v) is 10.5. The van der Waals surface area contributed by atoms with Gasteiger partial charge < -0.3 is 25.0 Å². The van der Waals surface area contributed by atoms with Crippen LogP contribution in [0.1, 0.15) is 43.9 Å². The van der Waals surface area contributed by atoms with Crippen molar-refractivity contribution in [2.75, 3.05) is 32.6 Å². The number of para-hydroxylation sites is 1. The minimum absolute atomic E-state index is 0.167. The number of nitrogens with one attached hydrogen (secondary N) is 2. The highest BCUT2D eigenvalue weighted by Crippen LogP contribution is 2.30. The van der Waals surface area contributed by atoms with E-state index < -0.39 is 5.91 Å². The number of fused-ring (bicyclic) bond motifs is 1. The molecule has 0 aliphatic heterocycles. The number of pyridine rings is 1. The summed E-state index contributed by atoms with van der Waals surface area (Å²) in [5, 5.41) is 6.20. The molecule has 9 heteroatoms. The van der Waals surface area contributed by atoms with Crippen LogP contribution in [0, 0.1) is 20.8 Å². The number of rotatable bonds is 11. The van der Waals surface area contributed by atoms with Crippen molar-refractivity contribution in [3.05, 3.63) is 106 Å². The molecule has 0 saturated heterocycles. The van der Waals surface area contributed by atoms with E-state index in [9.17, 15) is 14.4 Å². The van der Waals surface area contributed by atoms with Crippen LogP contribution in [-0.2, 0) is 27.5 Å². The third kappa shape index (κ3) is 7.48. The maximum atomic E-state index is 13.0. The van der Waals surface area contributed by atoms with Crippen molar-refractivity contribution in [2.45, 2.75) is 34.0 Å². The van der Waals surface area contributed by atoms with Gasteiger partial charge in [0.2, 0.25) is 11.8 Å². The van der Waals surface area contributed by atoms with Gasteiger partial charge in [-0.15, -0.1) is 0 Å². The molecule has 0 unspecified atom stereocenters. The average Bonchev–Trinajstić information content (AvgIpc) is 3.02. The molecule has 1 aromatic heterocycles. The molecule has 3 amide bonds. The van der Waals surface area contributed by atoms with Crippen molar-refractivity contribution in [1.82, 2.24) is 15.6 Å². The number of aryl methyl sites for hydroxylation is 2. The van der Waals surface area contributed by atoms with Gasteiger partial charge in [-0.05, 0) is 85.0 Å². The molecule has 0 atom stereocenters. The first-order valence-electron chi connectivity index (χ1n) is 14.3. The fraction of sp³-hybridized carbons (Fsp3) is 0.257. The van der Waals surface area contributed by atoms with Crippen LogP contribution in [0.2, 0.25) is 0 Å². The summed E-state index contributed by atoms with van der Waals surface area (Å²) in [6.45, 7) is 6.54. The maximum Gasteiger partial charge on any atom is 0.251 e. The Kier molecular flexibility index (Phi) is 10.5. The Morgan fingerprint density at radius 1 is 0.977 bits per heavy atom. The lowest BCUT2D eigenvalue weighted by Gasteiger charge is -2.23. The van der Waals surface area contributed by atoms with Gasteiger partial charge in [0.1, 0.15) is 17.9 Å². The normalized spacial score (nSPS) is 11.0. The van der Waals surface area contributed by atoms with E-state index in [1.54, 1.807) is 56.4 Å². The van der Waals surface area contributed by atoms with Gasteiger partial charge in [-0.25, -0.2) is 4.98 Å². The molecule has 0 spiro atoms. The summed E-state index contributed by atoms with van der Waals surface area (Å²) in [6.07, 6.45) is 2.98. The number of carbonyl (C=O) groups excluding carboxylic acids is 3. The predicted molar refractivity (Wildman–Crippen MR) is 173 cm³/mol. The first-order valence-corrected chi connectivity index (χ1v) is 14.3. The van der Waals surface area contributed by atoms with Crippen LogP contribution in [0.3, 0.4) is 0 Å². The smallest absolute Gasteiger partial charge is 0.251 e. The lowest BCUT2D eigenvalue weighted by molar-refractivity contribution is -0.122. The topological polar surface area (TPSA) is 110 Å². The molecule has 0 saturated carbocycles. The van der Waals surface area contributed by atoms with E-state index in [0.29, 0.717) is 24.5 Å². The van der Waals surface area contributed by atoms with Crippen molar-refractivity contribution >= 4 is 40.4 Å². The minimum atomic E-state index is -0.399. The minimum Gasteiger partial charge on any atom is -0.487 e. The fourth-order valence-corrected chi connectivity index (χ4v) is 4.98. The molecule has 0 aliphatic carbocycles. The van der Waals surface area contributed by atoms with Crippen LogP contribution in [0.5, 0.6) is 5.75 Å². The van der Waals surface area contributed by atoms with Crippen LogP contribution in [0.4, 0.5) is 5.69 Å². The Labute approximate surface area is 257 Å². The Morgan fingerprint density at radius 2 is 1.73 bits per heavy atom. The number of hydrogen-bond acceptors (Lipinski definition) is 6. The molecule has 2 N–H and O–H groups in total. The van der Waals surface area contributed by atoms with E-state index in [2.05, 4.69) is 10.6 Å². The van der Waals surface area contributed by atoms with Crippen molar-refractivity contribution in [2.24, 2.45) is 0 Å². The first kappa shape index (κ1) is 31.9. The summed E-state index contributed by atoms with van der Waals surface area (Å²) in [5.41, 5.74) is 7.65.